The summed E-state index contributed by atoms with van der Waals surface area (Å²) in [6, 6.07) is 3.42. The summed E-state index contributed by atoms with van der Waals surface area (Å²) in [4.78, 5) is 25.2. The first-order valence-electron chi connectivity index (χ1n) is 9.41. The number of nitrogens with two attached hydrogens (primary N) is 1. The Morgan fingerprint density at radius 2 is 2.16 bits per heavy atom. The lowest BCUT2D eigenvalue weighted by Crippen LogP contribution is -2.27. The van der Waals surface area contributed by atoms with Crippen LogP contribution in [-0.4, -0.2) is 65.4 Å². The van der Waals surface area contributed by atoms with Crippen molar-refractivity contribution in [2.75, 3.05) is 18.8 Å². The molecule has 0 spiro atoms. The van der Waals surface area contributed by atoms with E-state index in [0.29, 0.717) is 25.3 Å². The van der Waals surface area contributed by atoms with Gasteiger partial charge in [-0.05, 0) is 29.5 Å². The lowest BCUT2D eigenvalue weighted by atomic mass is 10.2. The number of aromatic nitrogens is 5. The Kier molecular flexibility index (Phi) is 6.69. The molecule has 1 aromatic carbocycles. The van der Waals surface area contributed by atoms with Gasteiger partial charge in [-0.15, -0.1) is 5.10 Å². The molecule has 168 valence electrons. The van der Waals surface area contributed by atoms with E-state index in [1.165, 1.54) is 0 Å². The molecule has 2 heterocycles. The van der Waals surface area contributed by atoms with E-state index >= 15 is 0 Å². The number of nitrogens with one attached hydrogen (secondary N) is 1. The summed E-state index contributed by atoms with van der Waals surface area (Å²) in [5.74, 6) is -1.07. The third-order valence-electron chi connectivity index (χ3n) is 4.51. The van der Waals surface area contributed by atoms with E-state index in [4.69, 9.17) is 5.73 Å². The molecule has 0 aliphatic rings. The standard InChI is InChI=1S/C17H20N10O5/c1-3-25(4-2)9-12-14(26(24-20-12)16-15(18)22-32-23-16)17(29)21-19-8-10-7-11(27(30)31)5-6-13(10)28/h5-8,28H,3-4,9H2,1-2H3,(H2,18,22)(H,21,29)/b19-8+. The molecular weight excluding hydrogens is 424 g/mol. The molecule has 0 bridgehead atoms. The Morgan fingerprint density at radius 1 is 1.41 bits per heavy atom. The maximum atomic E-state index is 12.9. The molecular formula is C17H20N10O5. The number of non-ortho nitro benzene ring substituents is 1. The molecule has 0 unspecified atom stereocenters. The van der Waals surface area contributed by atoms with E-state index in [1.54, 1.807) is 0 Å². The van der Waals surface area contributed by atoms with Gasteiger partial charge in [-0.25, -0.2) is 10.1 Å². The monoisotopic (exact) mass is 444 g/mol. The summed E-state index contributed by atoms with van der Waals surface area (Å²) in [6.07, 6.45) is 1.07. The second-order valence-electron chi connectivity index (χ2n) is 6.43. The maximum Gasteiger partial charge on any atom is 0.292 e. The minimum absolute atomic E-state index is 0.000265. The predicted octanol–water partition coefficient (Wildman–Crippen LogP) is 0.452. The van der Waals surface area contributed by atoms with Crippen LogP contribution in [0.1, 0.15) is 35.6 Å². The molecule has 32 heavy (non-hydrogen) atoms. The minimum atomic E-state index is -0.708. The van der Waals surface area contributed by atoms with Crippen molar-refractivity contribution in [3.05, 3.63) is 45.3 Å². The van der Waals surface area contributed by atoms with Gasteiger partial charge < -0.3 is 10.8 Å². The van der Waals surface area contributed by atoms with Crippen molar-refractivity contribution in [3.63, 3.8) is 0 Å². The number of hydrogen-bond acceptors (Lipinski definition) is 12. The van der Waals surface area contributed by atoms with Gasteiger partial charge in [0.25, 0.3) is 11.6 Å². The van der Waals surface area contributed by atoms with Crippen molar-refractivity contribution in [1.82, 2.24) is 35.6 Å². The largest absolute Gasteiger partial charge is 0.507 e. The molecule has 1 amide bonds. The normalized spacial score (nSPS) is 11.3. The van der Waals surface area contributed by atoms with Crippen LogP contribution in [0.15, 0.2) is 27.9 Å². The van der Waals surface area contributed by atoms with Crippen LogP contribution in [0.3, 0.4) is 0 Å². The lowest BCUT2D eigenvalue weighted by Gasteiger charge is -2.16. The highest BCUT2D eigenvalue weighted by molar-refractivity contribution is 5.95. The Balaban J connectivity index is 1.90. The fourth-order valence-electron chi connectivity index (χ4n) is 2.76. The van der Waals surface area contributed by atoms with Crippen LogP contribution >= 0.6 is 0 Å². The molecule has 0 aliphatic carbocycles. The van der Waals surface area contributed by atoms with E-state index in [9.17, 15) is 20.0 Å². The number of aromatic hydroxyl groups is 1. The van der Waals surface area contributed by atoms with E-state index in [1.807, 2.05) is 18.7 Å². The van der Waals surface area contributed by atoms with E-state index in [2.05, 4.69) is 35.8 Å². The number of rotatable bonds is 9. The van der Waals surface area contributed by atoms with Crippen LogP contribution in [0, 0.1) is 10.1 Å². The van der Waals surface area contributed by atoms with Crippen LogP contribution in [0.25, 0.3) is 5.82 Å². The first-order chi connectivity index (χ1) is 15.3. The smallest absolute Gasteiger partial charge is 0.292 e. The number of nitrogen functional groups attached to an aromatic ring is 1. The second-order valence-corrected chi connectivity index (χ2v) is 6.43. The molecule has 15 nitrogen and oxygen atoms in total. The van der Waals surface area contributed by atoms with Gasteiger partial charge in [0.15, 0.2) is 5.69 Å². The van der Waals surface area contributed by atoms with Crippen LogP contribution < -0.4 is 11.2 Å². The first-order valence-corrected chi connectivity index (χ1v) is 9.41. The fraction of sp³-hybridized carbons (Fsp3) is 0.294. The third-order valence-corrected chi connectivity index (χ3v) is 4.51. The number of hydrazone groups is 1. The summed E-state index contributed by atoms with van der Waals surface area (Å²) in [7, 11) is 0. The molecule has 0 atom stereocenters. The highest BCUT2D eigenvalue weighted by Gasteiger charge is 2.25. The maximum absolute atomic E-state index is 12.9. The van der Waals surface area contributed by atoms with Gasteiger partial charge in [-0.2, -0.15) is 9.78 Å². The highest BCUT2D eigenvalue weighted by Crippen LogP contribution is 2.21. The second kappa shape index (κ2) is 9.61. The Hall–Kier alpha value is -4.40. The number of hydrogen-bond donors (Lipinski definition) is 3. The molecule has 0 fully saturated rings. The highest BCUT2D eigenvalue weighted by atomic mass is 16.6. The number of nitro groups is 1. The Labute approximate surface area is 180 Å². The summed E-state index contributed by atoms with van der Waals surface area (Å²) in [6.45, 7) is 5.66. The molecule has 3 rings (SSSR count). The van der Waals surface area contributed by atoms with Gasteiger partial charge >= 0.3 is 0 Å². The third kappa shape index (κ3) is 4.67. The van der Waals surface area contributed by atoms with Crippen molar-refractivity contribution < 1.29 is 19.5 Å². The lowest BCUT2D eigenvalue weighted by molar-refractivity contribution is -0.384. The van der Waals surface area contributed by atoms with Crippen LogP contribution in [-0.2, 0) is 6.54 Å². The topological polar surface area (TPSA) is 204 Å². The zero-order chi connectivity index (χ0) is 23.3. The molecule has 2 aromatic heterocycles. The van der Waals surface area contributed by atoms with Crippen molar-refractivity contribution in [2.45, 2.75) is 20.4 Å². The number of nitrogens with zero attached hydrogens (tertiary/aromatic N) is 8. The SMILES string of the molecule is CCN(CC)Cc1nnn(-c2nonc2N)c1C(=O)N/N=C/c1cc([N+](=O)[O-])ccc1O. The fourth-order valence-corrected chi connectivity index (χ4v) is 2.76. The quantitative estimate of drug-likeness (QED) is 0.235. The van der Waals surface area contributed by atoms with Gasteiger partial charge in [0.05, 0.1) is 11.1 Å². The Morgan fingerprint density at radius 3 is 2.78 bits per heavy atom. The number of benzene rings is 1. The summed E-state index contributed by atoms with van der Waals surface area (Å²) >= 11 is 0. The molecule has 3 aromatic rings. The van der Waals surface area contributed by atoms with Crippen molar-refractivity contribution >= 4 is 23.6 Å². The summed E-state index contributed by atoms with van der Waals surface area (Å²) in [5, 5.41) is 39.7. The summed E-state index contributed by atoms with van der Waals surface area (Å²) in [5.41, 5.74) is 8.15. The van der Waals surface area contributed by atoms with E-state index in [-0.39, 0.29) is 34.3 Å². The predicted molar refractivity (Wildman–Crippen MR) is 110 cm³/mol. The molecule has 0 aliphatic heterocycles. The van der Waals surface area contributed by atoms with Gasteiger partial charge in [-0.1, -0.05) is 19.1 Å². The molecule has 0 saturated heterocycles. The minimum Gasteiger partial charge on any atom is -0.507 e. The van der Waals surface area contributed by atoms with Crippen molar-refractivity contribution in [2.24, 2.45) is 5.10 Å². The zero-order valence-corrected chi connectivity index (χ0v) is 17.2. The molecule has 0 saturated carbocycles. The molecule has 15 heteroatoms. The number of anilines is 1. The van der Waals surface area contributed by atoms with Crippen molar-refractivity contribution in [1.29, 1.82) is 0 Å². The average Bonchev–Trinajstić information content (AvgIpc) is 3.38. The molecule has 4 N–H and O–H groups in total. The number of phenolic OH excluding ortho intramolecular Hbond substituents is 1. The first kappa shape index (κ1) is 22.3. The Bertz CT molecular complexity index is 1150. The molecule has 0 radical (unpaired) electrons. The van der Waals surface area contributed by atoms with Crippen LogP contribution in [0.2, 0.25) is 0 Å². The average molecular weight is 444 g/mol. The number of carbonyl (C=O) groups is 1. The number of phenols is 1. The van der Waals surface area contributed by atoms with E-state index in [0.717, 1.165) is 29.1 Å². The van der Waals surface area contributed by atoms with Gasteiger partial charge in [0, 0.05) is 24.2 Å². The van der Waals surface area contributed by atoms with Crippen LogP contribution in [0.4, 0.5) is 11.5 Å². The van der Waals surface area contributed by atoms with Gasteiger partial charge in [-0.3, -0.25) is 19.8 Å². The zero-order valence-electron chi connectivity index (χ0n) is 17.2. The van der Waals surface area contributed by atoms with Crippen molar-refractivity contribution in [3.8, 4) is 11.6 Å². The van der Waals surface area contributed by atoms with Gasteiger partial charge in [0.1, 0.15) is 11.4 Å². The number of amides is 1. The number of carbonyl (C=O) groups excluding carboxylic acids is 1. The summed E-state index contributed by atoms with van der Waals surface area (Å²) < 4.78 is 5.67. The number of nitro benzene ring substituents is 1. The van der Waals surface area contributed by atoms with E-state index < -0.39 is 10.8 Å². The van der Waals surface area contributed by atoms with Crippen LogP contribution in [0.5, 0.6) is 5.75 Å². The van der Waals surface area contributed by atoms with Gasteiger partial charge in [0.2, 0.25) is 11.6 Å².